The molecule has 19 heavy (non-hydrogen) atoms. The van der Waals surface area contributed by atoms with Crippen LogP contribution < -0.4 is 5.73 Å². The van der Waals surface area contributed by atoms with Gasteiger partial charge in [-0.25, -0.2) is 0 Å². The molecular weight excluding hydrogens is 240 g/mol. The Labute approximate surface area is 112 Å². The van der Waals surface area contributed by atoms with Gasteiger partial charge in [0, 0.05) is 30.7 Å². The largest absolute Gasteiger partial charge is 0.399 e. The van der Waals surface area contributed by atoms with Crippen molar-refractivity contribution in [2.75, 3.05) is 38.6 Å². The van der Waals surface area contributed by atoms with Gasteiger partial charge < -0.3 is 10.5 Å². The molecule has 0 unspecified atom stereocenters. The fourth-order valence-electron chi connectivity index (χ4n) is 2.59. The molecule has 0 atom stereocenters. The summed E-state index contributed by atoms with van der Waals surface area (Å²) < 4.78 is 7.43. The second-order valence-electron chi connectivity index (χ2n) is 5.04. The molecule has 1 aromatic carbocycles. The van der Waals surface area contributed by atoms with Gasteiger partial charge in [-0.15, -0.1) is 0 Å². The van der Waals surface area contributed by atoms with Crippen LogP contribution in [0.1, 0.15) is 5.69 Å². The Balaban J connectivity index is 1.78. The van der Waals surface area contributed by atoms with Gasteiger partial charge in [0.15, 0.2) is 0 Å². The summed E-state index contributed by atoms with van der Waals surface area (Å²) in [6, 6.07) is 6.00. The molecule has 2 heterocycles. The summed E-state index contributed by atoms with van der Waals surface area (Å²) in [5.41, 5.74) is 8.86. The van der Waals surface area contributed by atoms with Gasteiger partial charge >= 0.3 is 0 Å². The third-order valence-electron chi connectivity index (χ3n) is 3.69. The highest BCUT2D eigenvalue weighted by molar-refractivity contribution is 5.84. The van der Waals surface area contributed by atoms with E-state index in [1.807, 2.05) is 19.1 Å². The molecule has 0 radical (unpaired) electrons. The van der Waals surface area contributed by atoms with Gasteiger partial charge in [0.1, 0.15) is 0 Å². The van der Waals surface area contributed by atoms with Crippen LogP contribution >= 0.6 is 0 Å². The van der Waals surface area contributed by atoms with E-state index in [-0.39, 0.29) is 0 Å². The molecule has 0 amide bonds. The molecule has 5 heteroatoms. The number of morpholine rings is 1. The maximum Gasteiger partial charge on any atom is 0.0706 e. The molecule has 3 rings (SSSR count). The number of aromatic nitrogens is 2. The van der Waals surface area contributed by atoms with Gasteiger partial charge in [0.05, 0.1) is 31.0 Å². The van der Waals surface area contributed by atoms with Crippen molar-refractivity contribution < 1.29 is 4.74 Å². The first-order chi connectivity index (χ1) is 9.24. The second kappa shape index (κ2) is 5.19. The highest BCUT2D eigenvalue weighted by atomic mass is 16.5. The highest BCUT2D eigenvalue weighted by Crippen LogP contribution is 2.20. The average Bonchev–Trinajstić information content (AvgIpc) is 2.74. The zero-order valence-corrected chi connectivity index (χ0v) is 11.3. The van der Waals surface area contributed by atoms with E-state index in [4.69, 9.17) is 10.5 Å². The molecule has 1 fully saturated rings. The number of rotatable bonds is 3. The van der Waals surface area contributed by atoms with Crippen LogP contribution in [0, 0.1) is 6.92 Å². The Hall–Kier alpha value is -1.59. The molecule has 1 aromatic heterocycles. The number of anilines is 1. The summed E-state index contributed by atoms with van der Waals surface area (Å²) in [7, 11) is 0. The lowest BCUT2D eigenvalue weighted by molar-refractivity contribution is 0.0361. The lowest BCUT2D eigenvalue weighted by Crippen LogP contribution is -2.38. The number of benzene rings is 1. The summed E-state index contributed by atoms with van der Waals surface area (Å²) in [5.74, 6) is 0. The van der Waals surface area contributed by atoms with Crippen LogP contribution in [0.4, 0.5) is 5.69 Å². The van der Waals surface area contributed by atoms with Crippen LogP contribution in [0.5, 0.6) is 0 Å². The second-order valence-corrected chi connectivity index (χ2v) is 5.04. The quantitative estimate of drug-likeness (QED) is 0.844. The third-order valence-corrected chi connectivity index (χ3v) is 3.69. The lowest BCUT2D eigenvalue weighted by atomic mass is 10.2. The van der Waals surface area contributed by atoms with Gasteiger partial charge in [-0.1, -0.05) is 0 Å². The van der Waals surface area contributed by atoms with Crippen molar-refractivity contribution in [1.29, 1.82) is 0 Å². The number of hydrogen-bond donors (Lipinski definition) is 1. The summed E-state index contributed by atoms with van der Waals surface area (Å²) in [6.45, 7) is 7.66. The van der Waals surface area contributed by atoms with Crippen LogP contribution in [0.25, 0.3) is 10.9 Å². The standard InChI is InChI=1S/C14H20N4O/c1-11-13-3-2-12(15)10-14(13)18(16-11)5-4-17-6-8-19-9-7-17/h2-3,10H,4-9,15H2,1H3. The lowest BCUT2D eigenvalue weighted by Gasteiger charge is -2.26. The first-order valence-electron chi connectivity index (χ1n) is 6.77. The fourth-order valence-corrected chi connectivity index (χ4v) is 2.59. The molecule has 2 N–H and O–H groups in total. The van der Waals surface area contributed by atoms with Crippen LogP contribution in [-0.4, -0.2) is 47.5 Å². The number of hydrogen-bond acceptors (Lipinski definition) is 4. The van der Waals surface area contributed by atoms with Crippen molar-refractivity contribution in [2.24, 2.45) is 0 Å². The van der Waals surface area contributed by atoms with E-state index in [1.54, 1.807) is 0 Å². The number of nitrogen functional groups attached to an aromatic ring is 1. The topological polar surface area (TPSA) is 56.3 Å². The zero-order chi connectivity index (χ0) is 13.2. The minimum atomic E-state index is 0.792. The van der Waals surface area contributed by atoms with E-state index in [9.17, 15) is 0 Å². The molecule has 0 saturated carbocycles. The molecule has 1 aliphatic heterocycles. The van der Waals surface area contributed by atoms with E-state index in [0.717, 1.165) is 56.3 Å². The SMILES string of the molecule is Cc1nn(CCN2CCOCC2)c2cc(N)ccc12. The summed E-state index contributed by atoms with van der Waals surface area (Å²) in [6.07, 6.45) is 0. The molecule has 1 saturated heterocycles. The predicted molar refractivity (Wildman–Crippen MR) is 76.1 cm³/mol. The number of ether oxygens (including phenoxy) is 1. The van der Waals surface area contributed by atoms with Crippen molar-refractivity contribution in [3.63, 3.8) is 0 Å². The normalized spacial score (nSPS) is 17.1. The Morgan fingerprint density at radius 3 is 2.84 bits per heavy atom. The van der Waals surface area contributed by atoms with Gasteiger partial charge in [0.2, 0.25) is 0 Å². The van der Waals surface area contributed by atoms with Gasteiger partial charge in [-0.2, -0.15) is 5.10 Å². The van der Waals surface area contributed by atoms with Crippen LogP contribution in [0.15, 0.2) is 18.2 Å². The van der Waals surface area contributed by atoms with Crippen LogP contribution in [0.2, 0.25) is 0 Å². The third kappa shape index (κ3) is 2.57. The Bertz CT molecular complexity index is 572. The van der Waals surface area contributed by atoms with Crippen molar-refractivity contribution in [1.82, 2.24) is 14.7 Å². The van der Waals surface area contributed by atoms with E-state index in [2.05, 4.69) is 20.7 Å². The van der Waals surface area contributed by atoms with E-state index >= 15 is 0 Å². The summed E-state index contributed by atoms with van der Waals surface area (Å²) in [5, 5.41) is 5.81. The van der Waals surface area contributed by atoms with Crippen molar-refractivity contribution in [3.05, 3.63) is 23.9 Å². The Morgan fingerprint density at radius 2 is 2.05 bits per heavy atom. The predicted octanol–water partition coefficient (Wildman–Crippen LogP) is 1.26. The van der Waals surface area contributed by atoms with Crippen molar-refractivity contribution >= 4 is 16.6 Å². The molecule has 0 spiro atoms. The van der Waals surface area contributed by atoms with Gasteiger partial charge in [-0.3, -0.25) is 9.58 Å². The molecule has 102 valence electrons. The summed E-state index contributed by atoms with van der Waals surface area (Å²) in [4.78, 5) is 2.42. The van der Waals surface area contributed by atoms with E-state index in [0.29, 0.717) is 0 Å². The average molecular weight is 260 g/mol. The maximum atomic E-state index is 5.87. The van der Waals surface area contributed by atoms with Gasteiger partial charge in [-0.05, 0) is 25.1 Å². The minimum absolute atomic E-state index is 0.792. The maximum absolute atomic E-state index is 5.87. The minimum Gasteiger partial charge on any atom is -0.399 e. The van der Waals surface area contributed by atoms with Crippen LogP contribution in [-0.2, 0) is 11.3 Å². The molecule has 0 bridgehead atoms. The van der Waals surface area contributed by atoms with Gasteiger partial charge in [0.25, 0.3) is 0 Å². The first-order valence-corrected chi connectivity index (χ1v) is 6.77. The molecule has 1 aliphatic rings. The van der Waals surface area contributed by atoms with E-state index < -0.39 is 0 Å². The summed E-state index contributed by atoms with van der Waals surface area (Å²) >= 11 is 0. The van der Waals surface area contributed by atoms with E-state index in [1.165, 1.54) is 5.39 Å². The Kier molecular flexibility index (Phi) is 3.40. The molecule has 0 aliphatic carbocycles. The molecule has 5 nitrogen and oxygen atoms in total. The molecular formula is C14H20N4O. The monoisotopic (exact) mass is 260 g/mol. The van der Waals surface area contributed by atoms with Crippen LogP contribution in [0.3, 0.4) is 0 Å². The van der Waals surface area contributed by atoms with Crippen molar-refractivity contribution in [2.45, 2.75) is 13.5 Å². The number of aryl methyl sites for hydroxylation is 1. The fraction of sp³-hybridized carbons (Fsp3) is 0.500. The number of nitrogens with two attached hydrogens (primary N) is 1. The molecule has 2 aromatic rings. The smallest absolute Gasteiger partial charge is 0.0706 e. The zero-order valence-electron chi connectivity index (χ0n) is 11.3. The number of fused-ring (bicyclic) bond motifs is 1. The Morgan fingerprint density at radius 1 is 1.26 bits per heavy atom. The first kappa shape index (κ1) is 12.4. The number of nitrogens with zero attached hydrogens (tertiary/aromatic N) is 3. The van der Waals surface area contributed by atoms with Crippen molar-refractivity contribution in [3.8, 4) is 0 Å². The highest BCUT2D eigenvalue weighted by Gasteiger charge is 2.12.